The molecule has 0 amide bonds. The Hall–Kier alpha value is -2.60. The number of hydrogen-bond acceptors (Lipinski definition) is 5. The molecule has 0 saturated heterocycles. The molecule has 0 fully saturated rings. The van der Waals surface area contributed by atoms with Gasteiger partial charge in [-0.3, -0.25) is 10.1 Å². The van der Waals surface area contributed by atoms with Crippen molar-refractivity contribution in [2.24, 2.45) is 0 Å². The van der Waals surface area contributed by atoms with Crippen LogP contribution in [0.15, 0.2) is 42.5 Å². The molecule has 0 spiro atoms. The van der Waals surface area contributed by atoms with Gasteiger partial charge >= 0.3 is 0 Å². The van der Waals surface area contributed by atoms with Gasteiger partial charge in [0.2, 0.25) is 0 Å². The van der Waals surface area contributed by atoms with Crippen molar-refractivity contribution in [1.82, 2.24) is 5.32 Å². The molecule has 1 unspecified atom stereocenters. The minimum Gasteiger partial charge on any atom is -0.508 e. The van der Waals surface area contributed by atoms with E-state index in [1.165, 1.54) is 30.3 Å². The Bertz CT molecular complexity index is 658. The lowest BCUT2D eigenvalue weighted by atomic mass is 10.1. The van der Waals surface area contributed by atoms with Gasteiger partial charge in [0, 0.05) is 30.3 Å². The van der Waals surface area contributed by atoms with Gasteiger partial charge in [0.1, 0.15) is 11.5 Å². The summed E-state index contributed by atoms with van der Waals surface area (Å²) in [7, 11) is 0. The van der Waals surface area contributed by atoms with E-state index >= 15 is 0 Å². The number of benzene rings is 2. The molecule has 0 aliphatic rings. The zero-order chi connectivity index (χ0) is 15.4. The Labute approximate surface area is 121 Å². The van der Waals surface area contributed by atoms with E-state index in [2.05, 4.69) is 5.32 Å². The topological polar surface area (TPSA) is 95.6 Å². The van der Waals surface area contributed by atoms with E-state index in [-0.39, 0.29) is 23.2 Å². The van der Waals surface area contributed by atoms with Crippen LogP contribution in [0.1, 0.15) is 24.1 Å². The second kappa shape index (κ2) is 6.23. The molecule has 0 heterocycles. The number of nitrogens with one attached hydrogen (secondary N) is 1. The Morgan fingerprint density at radius 2 is 2.00 bits per heavy atom. The third-order valence-corrected chi connectivity index (χ3v) is 3.21. The van der Waals surface area contributed by atoms with Crippen LogP contribution in [-0.2, 0) is 6.54 Å². The van der Waals surface area contributed by atoms with Gasteiger partial charge in [0.05, 0.1) is 4.92 Å². The lowest BCUT2D eigenvalue weighted by Crippen LogP contribution is -2.18. The molecular formula is C15H16N2O4. The van der Waals surface area contributed by atoms with Crippen molar-refractivity contribution in [1.29, 1.82) is 0 Å². The summed E-state index contributed by atoms with van der Waals surface area (Å²) in [6, 6.07) is 10.5. The van der Waals surface area contributed by atoms with Crippen LogP contribution in [0.3, 0.4) is 0 Å². The summed E-state index contributed by atoms with van der Waals surface area (Å²) < 4.78 is 0. The van der Waals surface area contributed by atoms with Crippen molar-refractivity contribution < 1.29 is 15.1 Å². The van der Waals surface area contributed by atoms with Gasteiger partial charge in [-0.25, -0.2) is 0 Å². The van der Waals surface area contributed by atoms with Crippen molar-refractivity contribution in [2.45, 2.75) is 19.5 Å². The van der Waals surface area contributed by atoms with Gasteiger partial charge in [0.15, 0.2) is 0 Å². The van der Waals surface area contributed by atoms with Gasteiger partial charge in [-0.05, 0) is 30.7 Å². The van der Waals surface area contributed by atoms with Crippen molar-refractivity contribution in [3.8, 4) is 11.5 Å². The molecule has 0 aromatic heterocycles. The Morgan fingerprint density at radius 1 is 1.24 bits per heavy atom. The zero-order valence-corrected chi connectivity index (χ0v) is 11.5. The number of hydrogen-bond donors (Lipinski definition) is 3. The maximum absolute atomic E-state index is 10.7. The monoisotopic (exact) mass is 288 g/mol. The van der Waals surface area contributed by atoms with Crippen LogP contribution >= 0.6 is 0 Å². The Kier molecular flexibility index (Phi) is 4.39. The van der Waals surface area contributed by atoms with E-state index < -0.39 is 4.92 Å². The number of phenolic OH excluding ortho intramolecular Hbond substituents is 2. The quantitative estimate of drug-likeness (QED) is 0.446. The fourth-order valence-corrected chi connectivity index (χ4v) is 2.05. The Balaban J connectivity index is 2.07. The maximum atomic E-state index is 10.7. The highest BCUT2D eigenvalue weighted by molar-refractivity contribution is 5.40. The van der Waals surface area contributed by atoms with Crippen LogP contribution in [-0.4, -0.2) is 15.1 Å². The Morgan fingerprint density at radius 3 is 2.71 bits per heavy atom. The fourth-order valence-electron chi connectivity index (χ4n) is 2.05. The largest absolute Gasteiger partial charge is 0.508 e. The number of nitrogens with zero attached hydrogens (tertiary/aromatic N) is 1. The summed E-state index contributed by atoms with van der Waals surface area (Å²) >= 11 is 0. The lowest BCUT2D eigenvalue weighted by molar-refractivity contribution is -0.384. The number of aromatic hydroxyl groups is 2. The molecule has 0 aliphatic carbocycles. The van der Waals surface area contributed by atoms with E-state index in [1.807, 2.05) is 6.92 Å². The summed E-state index contributed by atoms with van der Waals surface area (Å²) in [5.41, 5.74) is 1.39. The zero-order valence-electron chi connectivity index (χ0n) is 11.5. The normalized spacial score (nSPS) is 12.0. The van der Waals surface area contributed by atoms with Gasteiger partial charge in [-0.15, -0.1) is 0 Å². The summed E-state index contributed by atoms with van der Waals surface area (Å²) in [4.78, 5) is 10.3. The van der Waals surface area contributed by atoms with Crippen LogP contribution < -0.4 is 5.32 Å². The fraction of sp³-hybridized carbons (Fsp3) is 0.200. The summed E-state index contributed by atoms with van der Waals surface area (Å²) in [5, 5.41) is 33.1. The smallest absolute Gasteiger partial charge is 0.269 e. The molecule has 1 atom stereocenters. The average molecular weight is 288 g/mol. The molecular weight excluding hydrogens is 272 g/mol. The number of nitro groups is 1. The first-order valence-electron chi connectivity index (χ1n) is 6.46. The standard InChI is InChI=1S/C15H16N2O4/c1-10(14-8-13(18)5-6-15(14)19)16-9-11-3-2-4-12(7-11)17(20)21/h2-8,10,16,18-19H,9H2,1H3. The molecule has 0 bridgehead atoms. The molecule has 6 nitrogen and oxygen atoms in total. The summed E-state index contributed by atoms with van der Waals surface area (Å²) in [6.07, 6.45) is 0. The van der Waals surface area contributed by atoms with Crippen LogP contribution in [0.5, 0.6) is 11.5 Å². The van der Waals surface area contributed by atoms with E-state index in [0.717, 1.165) is 5.56 Å². The number of non-ortho nitro benzene ring substituents is 1. The van der Waals surface area contributed by atoms with Crippen molar-refractivity contribution in [3.63, 3.8) is 0 Å². The predicted molar refractivity (Wildman–Crippen MR) is 78.1 cm³/mol. The third kappa shape index (κ3) is 3.70. The molecule has 2 aromatic carbocycles. The number of nitro benzene ring substituents is 1. The van der Waals surface area contributed by atoms with Crippen molar-refractivity contribution in [3.05, 3.63) is 63.7 Å². The second-order valence-corrected chi connectivity index (χ2v) is 4.77. The minimum absolute atomic E-state index is 0.0437. The number of phenols is 2. The molecule has 3 N–H and O–H groups in total. The van der Waals surface area contributed by atoms with E-state index in [9.17, 15) is 20.3 Å². The van der Waals surface area contributed by atoms with E-state index in [1.54, 1.807) is 12.1 Å². The highest BCUT2D eigenvalue weighted by Gasteiger charge is 2.12. The van der Waals surface area contributed by atoms with Crippen LogP contribution in [0, 0.1) is 10.1 Å². The molecule has 0 saturated carbocycles. The molecule has 6 heteroatoms. The second-order valence-electron chi connectivity index (χ2n) is 4.77. The van der Waals surface area contributed by atoms with Crippen LogP contribution in [0.2, 0.25) is 0 Å². The third-order valence-electron chi connectivity index (χ3n) is 3.21. The van der Waals surface area contributed by atoms with Gasteiger partial charge < -0.3 is 15.5 Å². The average Bonchev–Trinajstić information content (AvgIpc) is 2.47. The minimum atomic E-state index is -0.437. The van der Waals surface area contributed by atoms with Crippen molar-refractivity contribution >= 4 is 5.69 Å². The maximum Gasteiger partial charge on any atom is 0.269 e. The molecule has 21 heavy (non-hydrogen) atoms. The molecule has 110 valence electrons. The lowest BCUT2D eigenvalue weighted by Gasteiger charge is -2.16. The summed E-state index contributed by atoms with van der Waals surface area (Å²) in [5.74, 6) is 0.165. The first kappa shape index (κ1) is 14.8. The summed E-state index contributed by atoms with van der Waals surface area (Å²) in [6.45, 7) is 2.25. The molecule has 0 radical (unpaired) electrons. The first-order valence-corrected chi connectivity index (χ1v) is 6.46. The predicted octanol–water partition coefficient (Wildman–Crippen LogP) is 2.86. The van der Waals surface area contributed by atoms with E-state index in [0.29, 0.717) is 12.1 Å². The highest BCUT2D eigenvalue weighted by Crippen LogP contribution is 2.28. The van der Waals surface area contributed by atoms with Gasteiger partial charge in [0.25, 0.3) is 5.69 Å². The van der Waals surface area contributed by atoms with Crippen LogP contribution in [0.25, 0.3) is 0 Å². The highest BCUT2D eigenvalue weighted by atomic mass is 16.6. The van der Waals surface area contributed by atoms with Gasteiger partial charge in [-0.2, -0.15) is 0 Å². The van der Waals surface area contributed by atoms with E-state index in [4.69, 9.17) is 0 Å². The number of rotatable bonds is 5. The van der Waals surface area contributed by atoms with Crippen molar-refractivity contribution in [2.75, 3.05) is 0 Å². The van der Waals surface area contributed by atoms with Crippen LogP contribution in [0.4, 0.5) is 5.69 Å². The first-order chi connectivity index (χ1) is 9.97. The molecule has 2 aromatic rings. The van der Waals surface area contributed by atoms with Gasteiger partial charge in [-0.1, -0.05) is 12.1 Å². The SMILES string of the molecule is CC(NCc1cccc([N+](=O)[O-])c1)c1cc(O)ccc1O. The molecule has 0 aliphatic heterocycles. The molecule has 2 rings (SSSR count).